The predicted molar refractivity (Wildman–Crippen MR) is 120 cm³/mol. The van der Waals surface area contributed by atoms with Crippen molar-refractivity contribution >= 4 is 23.7 Å². The number of hydrogen-bond acceptors (Lipinski definition) is 7. The summed E-state index contributed by atoms with van der Waals surface area (Å²) in [5.74, 6) is -4.30. The number of nitrogens with zero attached hydrogens (tertiary/aromatic N) is 5. The molecule has 0 radical (unpaired) electrons. The number of carbonyl (C=O) groups is 3. The third-order valence-corrected chi connectivity index (χ3v) is 4.83. The monoisotopic (exact) mass is 565 g/mol. The summed E-state index contributed by atoms with van der Waals surface area (Å²) in [4.78, 5) is 39.0. The zero-order valence-corrected chi connectivity index (χ0v) is 19.8. The van der Waals surface area contributed by atoms with Crippen LogP contribution in [0.4, 0.5) is 32.2 Å². The molecule has 0 bridgehead atoms. The van der Waals surface area contributed by atoms with Gasteiger partial charge in [0.2, 0.25) is 0 Å². The van der Waals surface area contributed by atoms with Crippen LogP contribution in [0.15, 0.2) is 59.6 Å². The first kappa shape index (κ1) is 30.7. The van der Waals surface area contributed by atoms with Gasteiger partial charge in [-0.05, 0) is 24.3 Å². The average molecular weight is 565 g/mol. The number of pyridine rings is 1. The van der Waals surface area contributed by atoms with Gasteiger partial charge < -0.3 is 24.4 Å². The molecule has 1 aliphatic heterocycles. The van der Waals surface area contributed by atoms with E-state index in [0.717, 1.165) is 31.0 Å². The third-order valence-electron chi connectivity index (χ3n) is 4.83. The average Bonchev–Trinajstić information content (AvgIpc) is 3.55. The summed E-state index contributed by atoms with van der Waals surface area (Å²) in [6.07, 6.45) is -3.12. The molecule has 4 rings (SSSR count). The highest BCUT2D eigenvalue weighted by Gasteiger charge is 2.38. The Hall–Kier alpha value is -4.57. The molecule has 0 unspecified atom stereocenters. The first-order valence-electron chi connectivity index (χ1n) is 10.8. The number of aromatic nitrogens is 3. The number of carboxylic acid groups (broad SMARTS) is 2. The van der Waals surface area contributed by atoms with E-state index >= 15 is 0 Å². The van der Waals surface area contributed by atoms with E-state index in [-0.39, 0.29) is 5.91 Å². The maximum Gasteiger partial charge on any atom is 0.490 e. The third kappa shape index (κ3) is 9.67. The SMILES string of the molecule is O=C(O)C(F)(F)F.O=C(O)C(F)(F)F.O=C(c1ccco1)N1CCN(CCn2cccn2)c2ncccc2C1. The second kappa shape index (κ2) is 13.3. The van der Waals surface area contributed by atoms with Crippen LogP contribution in [-0.2, 0) is 22.7 Å². The number of aliphatic carboxylic acids is 2. The molecule has 1 aliphatic rings. The number of rotatable bonds is 4. The van der Waals surface area contributed by atoms with E-state index in [1.165, 1.54) is 6.26 Å². The molecule has 0 aromatic carbocycles. The molecule has 0 atom stereocenters. The first-order chi connectivity index (χ1) is 18.2. The van der Waals surface area contributed by atoms with Crippen LogP contribution in [-0.4, -0.2) is 79.7 Å². The number of amides is 1. The number of furan rings is 1. The first-order valence-corrected chi connectivity index (χ1v) is 10.8. The van der Waals surface area contributed by atoms with Crippen molar-refractivity contribution in [2.75, 3.05) is 24.5 Å². The normalized spacial score (nSPS) is 13.2. The largest absolute Gasteiger partial charge is 0.490 e. The highest BCUT2D eigenvalue weighted by atomic mass is 19.4. The minimum Gasteiger partial charge on any atom is -0.475 e. The summed E-state index contributed by atoms with van der Waals surface area (Å²) in [6, 6.07) is 9.28. The molecule has 0 saturated heterocycles. The maximum atomic E-state index is 12.7. The fraction of sp³-hybridized carbons (Fsp3) is 0.318. The molecule has 11 nitrogen and oxygen atoms in total. The zero-order chi connectivity index (χ0) is 29.2. The molecule has 212 valence electrons. The predicted octanol–water partition coefficient (Wildman–Crippen LogP) is 3.30. The van der Waals surface area contributed by atoms with Crippen LogP contribution in [0.3, 0.4) is 0 Å². The lowest BCUT2D eigenvalue weighted by molar-refractivity contribution is -0.193. The summed E-state index contributed by atoms with van der Waals surface area (Å²) in [5.41, 5.74) is 1.04. The Labute approximate surface area is 215 Å². The lowest BCUT2D eigenvalue weighted by atomic mass is 10.2. The van der Waals surface area contributed by atoms with Crippen molar-refractivity contribution < 1.29 is 55.4 Å². The molecule has 0 fully saturated rings. The highest BCUT2D eigenvalue weighted by Crippen LogP contribution is 2.23. The molecule has 0 saturated carbocycles. The second-order valence-corrected chi connectivity index (χ2v) is 7.55. The quantitative estimate of drug-likeness (QED) is 0.456. The molecular formula is C22H21F6N5O6. The van der Waals surface area contributed by atoms with Gasteiger partial charge in [0.05, 0.1) is 12.8 Å². The molecule has 17 heteroatoms. The Morgan fingerprint density at radius 2 is 1.54 bits per heavy atom. The van der Waals surface area contributed by atoms with Crippen molar-refractivity contribution in [2.45, 2.75) is 25.4 Å². The van der Waals surface area contributed by atoms with Crippen molar-refractivity contribution in [3.63, 3.8) is 0 Å². The van der Waals surface area contributed by atoms with Gasteiger partial charge in [0.1, 0.15) is 5.82 Å². The summed E-state index contributed by atoms with van der Waals surface area (Å²) in [7, 11) is 0. The molecule has 0 spiro atoms. The number of alkyl halides is 6. The molecule has 0 aliphatic carbocycles. The Balaban J connectivity index is 0.000000317. The summed E-state index contributed by atoms with van der Waals surface area (Å²) in [6.45, 7) is 3.43. The van der Waals surface area contributed by atoms with Crippen molar-refractivity contribution in [3.05, 3.63) is 66.5 Å². The van der Waals surface area contributed by atoms with Gasteiger partial charge in [-0.15, -0.1) is 0 Å². The van der Waals surface area contributed by atoms with Crippen molar-refractivity contribution in [1.82, 2.24) is 19.7 Å². The van der Waals surface area contributed by atoms with Gasteiger partial charge in [-0.2, -0.15) is 31.4 Å². The van der Waals surface area contributed by atoms with Gasteiger partial charge in [0.15, 0.2) is 5.76 Å². The van der Waals surface area contributed by atoms with E-state index in [2.05, 4.69) is 15.0 Å². The Morgan fingerprint density at radius 1 is 0.897 bits per heavy atom. The molecule has 3 aromatic heterocycles. The van der Waals surface area contributed by atoms with Gasteiger partial charge in [-0.1, -0.05) is 6.07 Å². The molecule has 2 N–H and O–H groups in total. The lowest BCUT2D eigenvalue weighted by Gasteiger charge is -2.23. The Kier molecular flexibility index (Phi) is 10.4. The van der Waals surface area contributed by atoms with Crippen molar-refractivity contribution in [3.8, 4) is 0 Å². The van der Waals surface area contributed by atoms with E-state index in [4.69, 9.17) is 24.2 Å². The fourth-order valence-corrected chi connectivity index (χ4v) is 3.07. The standard InChI is InChI=1S/C18H19N5O2.2C2HF3O2/c24-18(16-5-2-13-25-16)22-10-9-21(11-12-23-8-3-7-20-23)17-15(14-22)4-1-6-19-17;2*3-2(4,5)1(6)7/h1-8,13H,9-12,14H2;2*(H,6,7). The van der Waals surface area contributed by atoms with Crippen LogP contribution in [0, 0.1) is 0 Å². The Bertz CT molecular complexity index is 1190. The zero-order valence-electron chi connectivity index (χ0n) is 19.8. The van der Waals surface area contributed by atoms with Crippen LogP contribution < -0.4 is 4.90 Å². The summed E-state index contributed by atoms with van der Waals surface area (Å²) >= 11 is 0. The van der Waals surface area contributed by atoms with Crippen molar-refractivity contribution in [2.24, 2.45) is 0 Å². The topological polar surface area (TPSA) is 142 Å². The molecular weight excluding hydrogens is 544 g/mol. The van der Waals surface area contributed by atoms with E-state index in [1.54, 1.807) is 24.5 Å². The highest BCUT2D eigenvalue weighted by molar-refractivity contribution is 5.91. The van der Waals surface area contributed by atoms with Crippen LogP contribution >= 0.6 is 0 Å². The van der Waals surface area contributed by atoms with Gasteiger partial charge in [-0.3, -0.25) is 9.48 Å². The van der Waals surface area contributed by atoms with E-state index in [9.17, 15) is 31.1 Å². The number of hydrogen-bond donors (Lipinski definition) is 2. The number of anilines is 1. The lowest BCUT2D eigenvalue weighted by Crippen LogP contribution is -2.36. The molecule has 1 amide bonds. The van der Waals surface area contributed by atoms with Crippen LogP contribution in [0.2, 0.25) is 0 Å². The fourth-order valence-electron chi connectivity index (χ4n) is 3.07. The second-order valence-electron chi connectivity index (χ2n) is 7.55. The maximum absolute atomic E-state index is 12.7. The molecule has 4 heterocycles. The van der Waals surface area contributed by atoms with E-state index < -0.39 is 24.3 Å². The van der Waals surface area contributed by atoms with Gasteiger partial charge in [0.25, 0.3) is 5.91 Å². The smallest absolute Gasteiger partial charge is 0.475 e. The summed E-state index contributed by atoms with van der Waals surface area (Å²) in [5, 5.41) is 18.5. The van der Waals surface area contributed by atoms with Crippen molar-refractivity contribution in [1.29, 1.82) is 0 Å². The Morgan fingerprint density at radius 3 is 2.05 bits per heavy atom. The van der Waals surface area contributed by atoms with Gasteiger partial charge in [0, 0.05) is 50.3 Å². The van der Waals surface area contributed by atoms with Gasteiger partial charge >= 0.3 is 24.3 Å². The minimum absolute atomic E-state index is 0.0891. The minimum atomic E-state index is -5.08. The van der Waals surface area contributed by atoms with Crippen LogP contribution in [0.25, 0.3) is 0 Å². The number of carbonyl (C=O) groups excluding carboxylic acids is 1. The molecule has 3 aromatic rings. The number of fused-ring (bicyclic) bond motifs is 1. The van der Waals surface area contributed by atoms with E-state index in [0.29, 0.717) is 18.8 Å². The molecule has 39 heavy (non-hydrogen) atoms. The summed E-state index contributed by atoms with van der Waals surface area (Å²) < 4.78 is 70.6. The van der Waals surface area contributed by atoms with Crippen LogP contribution in [0.1, 0.15) is 16.1 Å². The number of carboxylic acids is 2. The van der Waals surface area contributed by atoms with E-state index in [1.807, 2.05) is 34.0 Å². The van der Waals surface area contributed by atoms with Gasteiger partial charge in [-0.25, -0.2) is 14.6 Å². The van der Waals surface area contributed by atoms with Crippen LogP contribution in [0.5, 0.6) is 0 Å². The number of halogens is 6.